The van der Waals surface area contributed by atoms with Crippen LogP contribution in [0.3, 0.4) is 0 Å². The standard InChI is InChI=1S/C18H17FN2O3/c1-11-12(2)21(10-16(22)23-3)17-15(11)8-9-20-18(17)24-14-6-4-13(19)5-7-14/h4-9H,10H2,1-3H3. The Morgan fingerprint density at radius 3 is 2.58 bits per heavy atom. The minimum atomic E-state index is -0.355. The first-order valence-corrected chi connectivity index (χ1v) is 7.46. The van der Waals surface area contributed by atoms with Crippen LogP contribution in [-0.2, 0) is 16.1 Å². The van der Waals surface area contributed by atoms with Gasteiger partial charge in [0.05, 0.1) is 7.11 Å². The second kappa shape index (κ2) is 6.31. The van der Waals surface area contributed by atoms with E-state index in [2.05, 4.69) is 4.98 Å². The van der Waals surface area contributed by atoms with Gasteiger partial charge in [-0.15, -0.1) is 0 Å². The average Bonchev–Trinajstić information content (AvgIpc) is 2.83. The van der Waals surface area contributed by atoms with Crippen molar-refractivity contribution in [3.05, 3.63) is 53.6 Å². The Balaban J connectivity index is 2.12. The van der Waals surface area contributed by atoms with Crippen LogP contribution >= 0.6 is 0 Å². The number of ether oxygens (including phenoxy) is 2. The summed E-state index contributed by atoms with van der Waals surface area (Å²) in [6.45, 7) is 3.98. The fraction of sp³-hybridized carbons (Fsp3) is 0.222. The molecule has 24 heavy (non-hydrogen) atoms. The predicted molar refractivity (Wildman–Crippen MR) is 87.7 cm³/mol. The number of carbonyl (C=O) groups excluding carboxylic acids is 1. The summed E-state index contributed by atoms with van der Waals surface area (Å²) in [7, 11) is 1.35. The van der Waals surface area contributed by atoms with Gasteiger partial charge in [0.25, 0.3) is 0 Å². The van der Waals surface area contributed by atoms with Gasteiger partial charge in [0.15, 0.2) is 0 Å². The molecule has 2 heterocycles. The number of hydrogen-bond acceptors (Lipinski definition) is 4. The Hall–Kier alpha value is -2.89. The number of halogens is 1. The number of aryl methyl sites for hydroxylation is 1. The van der Waals surface area contributed by atoms with E-state index in [-0.39, 0.29) is 18.3 Å². The van der Waals surface area contributed by atoms with Gasteiger partial charge in [-0.1, -0.05) is 0 Å². The highest BCUT2D eigenvalue weighted by Crippen LogP contribution is 2.33. The summed E-state index contributed by atoms with van der Waals surface area (Å²) in [5, 5.41) is 0.948. The highest BCUT2D eigenvalue weighted by atomic mass is 19.1. The van der Waals surface area contributed by atoms with Crippen molar-refractivity contribution >= 4 is 16.9 Å². The maximum absolute atomic E-state index is 13.1. The Labute approximate surface area is 138 Å². The molecule has 0 aliphatic carbocycles. The summed E-state index contributed by atoms with van der Waals surface area (Å²) in [6.07, 6.45) is 1.65. The van der Waals surface area contributed by atoms with Gasteiger partial charge in [0.1, 0.15) is 23.6 Å². The van der Waals surface area contributed by atoms with Gasteiger partial charge >= 0.3 is 5.97 Å². The topological polar surface area (TPSA) is 53.4 Å². The third kappa shape index (κ3) is 2.82. The van der Waals surface area contributed by atoms with Gasteiger partial charge in [-0.05, 0) is 49.7 Å². The Morgan fingerprint density at radius 2 is 1.92 bits per heavy atom. The van der Waals surface area contributed by atoms with E-state index < -0.39 is 0 Å². The van der Waals surface area contributed by atoms with Gasteiger partial charge in [-0.3, -0.25) is 4.79 Å². The number of esters is 1. The quantitative estimate of drug-likeness (QED) is 0.684. The highest BCUT2D eigenvalue weighted by molar-refractivity contribution is 5.90. The Kier molecular flexibility index (Phi) is 4.20. The van der Waals surface area contributed by atoms with Crippen molar-refractivity contribution in [3.8, 4) is 11.6 Å². The van der Waals surface area contributed by atoms with Crippen molar-refractivity contribution in [2.45, 2.75) is 20.4 Å². The number of pyridine rings is 1. The zero-order chi connectivity index (χ0) is 17.3. The molecule has 2 aromatic heterocycles. The van der Waals surface area contributed by atoms with Crippen LogP contribution in [0, 0.1) is 19.7 Å². The molecule has 0 unspecified atom stereocenters. The van der Waals surface area contributed by atoms with Gasteiger partial charge < -0.3 is 14.0 Å². The molecule has 5 nitrogen and oxygen atoms in total. The largest absolute Gasteiger partial charge is 0.468 e. The molecule has 0 radical (unpaired) electrons. The second-order valence-electron chi connectivity index (χ2n) is 5.44. The summed E-state index contributed by atoms with van der Waals surface area (Å²) in [6, 6.07) is 7.58. The number of fused-ring (bicyclic) bond motifs is 1. The number of benzene rings is 1. The van der Waals surface area contributed by atoms with E-state index >= 15 is 0 Å². The number of carbonyl (C=O) groups is 1. The first-order chi connectivity index (χ1) is 11.5. The molecule has 0 saturated carbocycles. The zero-order valence-corrected chi connectivity index (χ0v) is 13.7. The third-order valence-electron chi connectivity index (χ3n) is 4.06. The molecule has 3 aromatic rings. The molecule has 0 fully saturated rings. The van der Waals surface area contributed by atoms with Crippen molar-refractivity contribution in [2.24, 2.45) is 0 Å². The van der Waals surface area contributed by atoms with Gasteiger partial charge in [-0.25, -0.2) is 9.37 Å². The first-order valence-electron chi connectivity index (χ1n) is 7.46. The van der Waals surface area contributed by atoms with Crippen LogP contribution in [0.5, 0.6) is 11.6 Å². The predicted octanol–water partition coefficient (Wildman–Crippen LogP) is 3.76. The number of nitrogens with zero attached hydrogens (tertiary/aromatic N) is 2. The van der Waals surface area contributed by atoms with E-state index in [1.165, 1.54) is 31.4 Å². The van der Waals surface area contributed by atoms with E-state index in [4.69, 9.17) is 9.47 Å². The summed E-state index contributed by atoms with van der Waals surface area (Å²) in [4.78, 5) is 16.0. The highest BCUT2D eigenvalue weighted by Gasteiger charge is 2.18. The van der Waals surface area contributed by atoms with Crippen LogP contribution < -0.4 is 4.74 Å². The molecular weight excluding hydrogens is 311 g/mol. The molecule has 0 aliphatic rings. The van der Waals surface area contributed by atoms with E-state index in [0.29, 0.717) is 17.1 Å². The molecule has 3 rings (SSSR count). The van der Waals surface area contributed by atoms with Crippen molar-refractivity contribution in [3.63, 3.8) is 0 Å². The van der Waals surface area contributed by atoms with E-state index in [1.807, 2.05) is 24.5 Å². The molecule has 0 aliphatic heterocycles. The number of aromatic nitrogens is 2. The van der Waals surface area contributed by atoms with Gasteiger partial charge in [0, 0.05) is 17.3 Å². The van der Waals surface area contributed by atoms with Crippen LogP contribution in [0.1, 0.15) is 11.3 Å². The number of hydrogen-bond donors (Lipinski definition) is 0. The average molecular weight is 328 g/mol. The summed E-state index contributed by atoms with van der Waals surface area (Å²) in [5.74, 6) is 0.137. The SMILES string of the molecule is COC(=O)Cn1c(C)c(C)c2ccnc(Oc3ccc(F)cc3)c21. The lowest BCUT2D eigenvalue weighted by Crippen LogP contribution is -2.13. The lowest BCUT2D eigenvalue weighted by atomic mass is 10.2. The maximum atomic E-state index is 13.1. The van der Waals surface area contributed by atoms with Gasteiger partial charge in [-0.2, -0.15) is 0 Å². The minimum Gasteiger partial charge on any atom is -0.468 e. The molecule has 0 N–H and O–H groups in total. The summed E-state index contributed by atoms with van der Waals surface area (Å²) < 4.78 is 25.5. The van der Waals surface area contributed by atoms with Crippen molar-refractivity contribution < 1.29 is 18.7 Å². The molecule has 6 heteroatoms. The molecule has 0 spiro atoms. The molecule has 0 amide bonds. The van der Waals surface area contributed by atoms with Crippen molar-refractivity contribution in [1.29, 1.82) is 0 Å². The van der Waals surface area contributed by atoms with Gasteiger partial charge in [0.2, 0.25) is 5.88 Å². The molecule has 0 bridgehead atoms. The summed E-state index contributed by atoms with van der Waals surface area (Å²) >= 11 is 0. The lowest BCUT2D eigenvalue weighted by molar-refractivity contribution is -0.141. The third-order valence-corrected chi connectivity index (χ3v) is 4.06. The molecule has 124 valence electrons. The fourth-order valence-electron chi connectivity index (χ4n) is 2.64. The minimum absolute atomic E-state index is 0.0676. The number of rotatable bonds is 4. The van der Waals surface area contributed by atoms with Crippen molar-refractivity contribution in [2.75, 3.05) is 7.11 Å². The van der Waals surface area contributed by atoms with Crippen LogP contribution in [-0.4, -0.2) is 22.6 Å². The second-order valence-corrected chi connectivity index (χ2v) is 5.44. The lowest BCUT2D eigenvalue weighted by Gasteiger charge is -2.10. The van der Waals surface area contributed by atoms with Crippen LogP contribution in [0.15, 0.2) is 36.5 Å². The zero-order valence-electron chi connectivity index (χ0n) is 13.7. The normalized spacial score (nSPS) is 10.8. The van der Waals surface area contributed by atoms with E-state index in [9.17, 15) is 9.18 Å². The molecule has 0 atom stereocenters. The van der Waals surface area contributed by atoms with Crippen LogP contribution in [0.4, 0.5) is 4.39 Å². The number of methoxy groups -OCH3 is 1. The Morgan fingerprint density at radius 1 is 1.21 bits per heavy atom. The monoisotopic (exact) mass is 328 g/mol. The smallest absolute Gasteiger partial charge is 0.325 e. The van der Waals surface area contributed by atoms with Crippen LogP contribution in [0.2, 0.25) is 0 Å². The molecule has 0 saturated heterocycles. The van der Waals surface area contributed by atoms with E-state index in [1.54, 1.807) is 6.20 Å². The van der Waals surface area contributed by atoms with Crippen molar-refractivity contribution in [1.82, 2.24) is 9.55 Å². The maximum Gasteiger partial charge on any atom is 0.325 e. The van der Waals surface area contributed by atoms with E-state index in [0.717, 1.165) is 16.6 Å². The molecular formula is C18H17FN2O3. The fourth-order valence-corrected chi connectivity index (χ4v) is 2.64. The van der Waals surface area contributed by atoms with Crippen LogP contribution in [0.25, 0.3) is 10.9 Å². The Bertz CT molecular complexity index is 901. The molecule has 1 aromatic carbocycles. The summed E-state index contributed by atoms with van der Waals surface area (Å²) in [5.41, 5.74) is 2.69. The first kappa shape index (κ1) is 16.0.